The fraction of sp³-hybridized carbons (Fsp3) is 0.857. The number of alkyl halides is 3. The molecule has 0 amide bonds. The third-order valence-corrected chi connectivity index (χ3v) is 2.16. The Bertz CT molecular complexity index is 206. The number of hydrogen-bond acceptors (Lipinski definition) is 2. The van der Waals surface area contributed by atoms with E-state index in [2.05, 4.69) is 0 Å². The third-order valence-electron chi connectivity index (χ3n) is 2.16. The van der Waals surface area contributed by atoms with E-state index in [0.717, 1.165) is 0 Å². The molecule has 1 rings (SSSR count). The molecule has 0 radical (unpaired) electrons. The maximum Gasteiger partial charge on any atom is 0.393 e. The number of nitriles is 1. The summed E-state index contributed by atoms with van der Waals surface area (Å²) in [4.78, 5) is 1.44. The zero-order valence-electron chi connectivity index (χ0n) is 6.60. The van der Waals surface area contributed by atoms with Gasteiger partial charge in [0.05, 0.1) is 18.0 Å². The minimum atomic E-state index is -4.15. The van der Waals surface area contributed by atoms with E-state index in [4.69, 9.17) is 5.26 Å². The summed E-state index contributed by atoms with van der Waals surface area (Å²) in [5.74, 6) is -1.33. The SMILES string of the molecule is CN1CC(C(F)(F)F)CC1C#N. The molecular formula is C7H9F3N2. The van der Waals surface area contributed by atoms with Crippen molar-refractivity contribution in [3.63, 3.8) is 0 Å². The molecule has 1 aliphatic heterocycles. The van der Waals surface area contributed by atoms with Crippen LogP contribution in [0.4, 0.5) is 13.2 Å². The quantitative estimate of drug-likeness (QED) is 0.560. The molecule has 0 aromatic heterocycles. The van der Waals surface area contributed by atoms with Crippen LogP contribution in [0.1, 0.15) is 6.42 Å². The average molecular weight is 178 g/mol. The highest BCUT2D eigenvalue weighted by Gasteiger charge is 2.46. The van der Waals surface area contributed by atoms with Crippen molar-refractivity contribution in [1.29, 1.82) is 5.26 Å². The Kier molecular flexibility index (Phi) is 2.29. The van der Waals surface area contributed by atoms with Crippen molar-refractivity contribution in [2.45, 2.75) is 18.6 Å². The van der Waals surface area contributed by atoms with Gasteiger partial charge in [0.2, 0.25) is 0 Å². The van der Waals surface area contributed by atoms with Gasteiger partial charge in [0.1, 0.15) is 0 Å². The van der Waals surface area contributed by atoms with Gasteiger partial charge in [0, 0.05) is 6.54 Å². The predicted molar refractivity (Wildman–Crippen MR) is 36.2 cm³/mol. The van der Waals surface area contributed by atoms with Gasteiger partial charge in [-0.15, -0.1) is 0 Å². The highest BCUT2D eigenvalue weighted by Crippen LogP contribution is 2.35. The molecule has 0 bridgehead atoms. The summed E-state index contributed by atoms with van der Waals surface area (Å²) < 4.78 is 36.3. The van der Waals surface area contributed by atoms with E-state index >= 15 is 0 Å². The largest absolute Gasteiger partial charge is 0.393 e. The lowest BCUT2D eigenvalue weighted by atomic mass is 10.1. The first-order valence-corrected chi connectivity index (χ1v) is 3.61. The summed E-state index contributed by atoms with van der Waals surface area (Å²) >= 11 is 0. The van der Waals surface area contributed by atoms with Gasteiger partial charge in [0.25, 0.3) is 0 Å². The number of likely N-dealkylation sites (tertiary alicyclic amines) is 1. The second-order valence-corrected chi connectivity index (χ2v) is 3.06. The Morgan fingerprint density at radius 1 is 1.50 bits per heavy atom. The molecule has 1 saturated heterocycles. The summed E-state index contributed by atoms with van der Waals surface area (Å²) in [6.07, 6.45) is -4.24. The second-order valence-electron chi connectivity index (χ2n) is 3.06. The van der Waals surface area contributed by atoms with E-state index in [0.29, 0.717) is 0 Å². The summed E-state index contributed by atoms with van der Waals surface area (Å²) in [5, 5.41) is 8.46. The molecule has 1 fully saturated rings. The number of hydrogen-bond donors (Lipinski definition) is 0. The van der Waals surface area contributed by atoms with Crippen LogP contribution in [0.5, 0.6) is 0 Å². The highest BCUT2D eigenvalue weighted by molar-refractivity contribution is 4.99. The standard InChI is InChI=1S/C7H9F3N2/c1-12-4-5(7(8,9)10)2-6(12)3-11/h5-6H,2,4H2,1H3. The van der Waals surface area contributed by atoms with Crippen LogP contribution in [0.25, 0.3) is 0 Å². The molecule has 0 saturated carbocycles. The minimum absolute atomic E-state index is 0.0538. The van der Waals surface area contributed by atoms with Crippen LogP contribution in [0, 0.1) is 17.2 Å². The van der Waals surface area contributed by atoms with Crippen molar-refractivity contribution >= 4 is 0 Å². The first-order chi connectivity index (χ1) is 5.45. The van der Waals surface area contributed by atoms with Crippen molar-refractivity contribution in [3.05, 3.63) is 0 Å². The molecule has 0 aromatic carbocycles. The summed E-state index contributed by atoms with van der Waals surface area (Å²) in [5.41, 5.74) is 0. The Morgan fingerprint density at radius 3 is 2.33 bits per heavy atom. The van der Waals surface area contributed by atoms with Crippen molar-refractivity contribution in [2.75, 3.05) is 13.6 Å². The molecule has 1 heterocycles. The van der Waals surface area contributed by atoms with E-state index < -0.39 is 18.1 Å². The Balaban J connectivity index is 2.62. The first kappa shape index (κ1) is 9.33. The number of rotatable bonds is 0. The highest BCUT2D eigenvalue weighted by atomic mass is 19.4. The monoisotopic (exact) mass is 178 g/mol. The van der Waals surface area contributed by atoms with Gasteiger partial charge in [-0.1, -0.05) is 0 Å². The van der Waals surface area contributed by atoms with Crippen LogP contribution >= 0.6 is 0 Å². The molecule has 0 spiro atoms. The molecule has 0 aromatic rings. The topological polar surface area (TPSA) is 27.0 Å². The molecule has 68 valence electrons. The van der Waals surface area contributed by atoms with Crippen molar-refractivity contribution < 1.29 is 13.2 Å². The van der Waals surface area contributed by atoms with E-state index in [9.17, 15) is 13.2 Å². The van der Waals surface area contributed by atoms with Gasteiger partial charge in [-0.25, -0.2) is 0 Å². The average Bonchev–Trinajstić information content (AvgIpc) is 2.29. The molecule has 2 nitrogen and oxygen atoms in total. The van der Waals surface area contributed by atoms with Gasteiger partial charge < -0.3 is 0 Å². The molecule has 12 heavy (non-hydrogen) atoms. The van der Waals surface area contributed by atoms with Crippen molar-refractivity contribution in [1.82, 2.24) is 4.90 Å². The zero-order valence-corrected chi connectivity index (χ0v) is 6.60. The van der Waals surface area contributed by atoms with Crippen LogP contribution in [0.15, 0.2) is 0 Å². The van der Waals surface area contributed by atoms with E-state index in [1.807, 2.05) is 6.07 Å². The summed E-state index contributed by atoms with van der Waals surface area (Å²) in [6.45, 7) is -0.0538. The lowest BCUT2D eigenvalue weighted by Crippen LogP contribution is -2.26. The molecule has 2 unspecified atom stereocenters. The number of nitrogens with zero attached hydrogens (tertiary/aromatic N) is 2. The summed E-state index contributed by atoms with van der Waals surface area (Å²) in [6, 6.07) is 1.27. The minimum Gasteiger partial charge on any atom is -0.291 e. The maximum atomic E-state index is 12.1. The lowest BCUT2D eigenvalue weighted by molar-refractivity contribution is -0.170. The van der Waals surface area contributed by atoms with E-state index in [1.54, 1.807) is 7.05 Å². The molecular weight excluding hydrogens is 169 g/mol. The van der Waals surface area contributed by atoms with Crippen LogP contribution in [-0.2, 0) is 0 Å². The van der Waals surface area contributed by atoms with Gasteiger partial charge in [-0.05, 0) is 13.5 Å². The second kappa shape index (κ2) is 2.94. The van der Waals surface area contributed by atoms with E-state index in [1.165, 1.54) is 4.90 Å². The van der Waals surface area contributed by atoms with Crippen molar-refractivity contribution in [2.24, 2.45) is 5.92 Å². The molecule has 0 N–H and O–H groups in total. The third kappa shape index (κ3) is 1.69. The smallest absolute Gasteiger partial charge is 0.291 e. The molecule has 5 heteroatoms. The van der Waals surface area contributed by atoms with Gasteiger partial charge in [-0.2, -0.15) is 18.4 Å². The van der Waals surface area contributed by atoms with Crippen LogP contribution < -0.4 is 0 Å². The van der Waals surface area contributed by atoms with Crippen LogP contribution in [-0.4, -0.2) is 30.7 Å². The van der Waals surface area contributed by atoms with Crippen molar-refractivity contribution in [3.8, 4) is 6.07 Å². The number of halogens is 3. The molecule has 2 atom stereocenters. The molecule has 1 aliphatic rings. The van der Waals surface area contributed by atoms with Gasteiger partial charge >= 0.3 is 6.18 Å². The fourth-order valence-corrected chi connectivity index (χ4v) is 1.39. The predicted octanol–water partition coefficient (Wildman–Crippen LogP) is 1.39. The zero-order chi connectivity index (χ0) is 9.35. The van der Waals surface area contributed by atoms with Gasteiger partial charge in [-0.3, -0.25) is 4.90 Å². The first-order valence-electron chi connectivity index (χ1n) is 3.61. The van der Waals surface area contributed by atoms with Crippen LogP contribution in [0.3, 0.4) is 0 Å². The lowest BCUT2D eigenvalue weighted by Gasteiger charge is -2.13. The fourth-order valence-electron chi connectivity index (χ4n) is 1.39. The molecule has 0 aliphatic carbocycles. The van der Waals surface area contributed by atoms with Crippen LogP contribution in [0.2, 0.25) is 0 Å². The normalized spacial score (nSPS) is 31.9. The Hall–Kier alpha value is -0.760. The Labute approximate surface area is 68.6 Å². The Morgan fingerprint density at radius 2 is 2.08 bits per heavy atom. The maximum absolute atomic E-state index is 12.1. The van der Waals surface area contributed by atoms with Gasteiger partial charge in [0.15, 0.2) is 0 Å². The summed E-state index contributed by atoms with van der Waals surface area (Å²) in [7, 11) is 1.54. The van der Waals surface area contributed by atoms with E-state index in [-0.39, 0.29) is 13.0 Å².